The molecule has 0 unspecified atom stereocenters. The number of morpholine rings is 1. The van der Waals surface area contributed by atoms with Crippen molar-refractivity contribution < 1.29 is 4.74 Å². The van der Waals surface area contributed by atoms with Gasteiger partial charge < -0.3 is 14.6 Å². The number of rotatable bonds is 6. The first-order valence-corrected chi connectivity index (χ1v) is 11.3. The molecule has 168 valence electrons. The van der Waals surface area contributed by atoms with Crippen LogP contribution in [0.5, 0.6) is 0 Å². The second-order valence-corrected chi connectivity index (χ2v) is 8.01. The third-order valence-corrected chi connectivity index (χ3v) is 5.57. The van der Waals surface area contributed by atoms with Crippen molar-refractivity contribution in [1.29, 1.82) is 0 Å². The third kappa shape index (κ3) is 4.56. The Labute approximate surface area is 192 Å². The van der Waals surface area contributed by atoms with Gasteiger partial charge in [0, 0.05) is 41.9 Å². The molecule has 4 aromatic rings. The molecule has 0 radical (unpaired) electrons. The highest BCUT2D eigenvalue weighted by molar-refractivity contribution is 5.93. The monoisotopic (exact) mass is 441 g/mol. The topological polar surface area (TPSA) is 84.8 Å². The normalized spacial score (nSPS) is 15.1. The Morgan fingerprint density at radius 2 is 1.97 bits per heavy atom. The van der Waals surface area contributed by atoms with Crippen LogP contribution in [-0.4, -0.2) is 55.8 Å². The molecule has 1 fully saturated rings. The van der Waals surface area contributed by atoms with Crippen molar-refractivity contribution in [2.75, 3.05) is 31.2 Å². The minimum Gasteiger partial charge on any atom is -0.378 e. The largest absolute Gasteiger partial charge is 0.378 e. The third-order valence-electron chi connectivity index (χ3n) is 5.57. The average molecular weight is 442 g/mol. The standard InChI is InChI=1S/C25H27N7O/c1-3-4-6-18(2)15-19-16-32(17-27-19)25-29-23(21-7-5-8-22-20(21)9-10-26-22)28-24(30-25)31-11-13-33-14-12-31/h4-10,15-17,26H,3,11-14H2,1-2H3/b6-4-,18-15-. The lowest BCUT2D eigenvalue weighted by Gasteiger charge is -2.27. The smallest absolute Gasteiger partial charge is 0.240 e. The van der Waals surface area contributed by atoms with Crippen LogP contribution in [0.1, 0.15) is 26.0 Å². The van der Waals surface area contributed by atoms with Crippen molar-refractivity contribution in [2.24, 2.45) is 0 Å². The number of imidazole rings is 1. The van der Waals surface area contributed by atoms with Crippen molar-refractivity contribution in [3.8, 4) is 17.3 Å². The Kier molecular flexibility index (Phi) is 5.99. The van der Waals surface area contributed by atoms with Gasteiger partial charge in [0.05, 0.1) is 18.9 Å². The van der Waals surface area contributed by atoms with Crippen molar-refractivity contribution in [1.82, 2.24) is 29.5 Å². The Hall–Kier alpha value is -3.78. The predicted molar refractivity (Wildman–Crippen MR) is 130 cm³/mol. The number of fused-ring (bicyclic) bond motifs is 1. The fraction of sp³-hybridized carbons (Fsp3) is 0.280. The Balaban J connectivity index is 1.58. The number of ether oxygens (including phenoxy) is 1. The zero-order valence-corrected chi connectivity index (χ0v) is 18.9. The summed E-state index contributed by atoms with van der Waals surface area (Å²) in [4.78, 5) is 24.4. The first-order chi connectivity index (χ1) is 16.2. The number of aromatic amines is 1. The maximum Gasteiger partial charge on any atom is 0.240 e. The van der Waals surface area contributed by atoms with Gasteiger partial charge in [0.1, 0.15) is 6.33 Å². The summed E-state index contributed by atoms with van der Waals surface area (Å²) < 4.78 is 7.38. The first-order valence-electron chi connectivity index (χ1n) is 11.3. The number of aromatic nitrogens is 6. The number of hydrogen-bond donors (Lipinski definition) is 1. The number of allylic oxidation sites excluding steroid dienone is 3. The summed E-state index contributed by atoms with van der Waals surface area (Å²) in [7, 11) is 0. The van der Waals surface area contributed by atoms with Crippen molar-refractivity contribution >= 4 is 22.9 Å². The van der Waals surface area contributed by atoms with Gasteiger partial charge in [-0.05, 0) is 37.1 Å². The fourth-order valence-electron chi connectivity index (χ4n) is 3.88. The molecule has 0 atom stereocenters. The number of anilines is 1. The lowest BCUT2D eigenvalue weighted by Crippen LogP contribution is -2.37. The quantitative estimate of drug-likeness (QED) is 0.446. The molecule has 1 aliphatic heterocycles. The van der Waals surface area contributed by atoms with Gasteiger partial charge in [-0.1, -0.05) is 31.2 Å². The summed E-state index contributed by atoms with van der Waals surface area (Å²) in [5, 5.41) is 1.08. The summed E-state index contributed by atoms with van der Waals surface area (Å²) in [6.45, 7) is 7.01. The molecular formula is C25H27N7O. The lowest BCUT2D eigenvalue weighted by molar-refractivity contribution is 0.122. The van der Waals surface area contributed by atoms with Crippen LogP contribution in [-0.2, 0) is 4.74 Å². The number of benzene rings is 1. The molecular weight excluding hydrogens is 414 g/mol. The molecule has 0 saturated carbocycles. The van der Waals surface area contributed by atoms with Gasteiger partial charge in [0.2, 0.25) is 11.9 Å². The molecule has 1 N–H and O–H groups in total. The molecule has 1 aromatic carbocycles. The van der Waals surface area contributed by atoms with E-state index in [0.717, 1.165) is 47.2 Å². The van der Waals surface area contributed by atoms with E-state index >= 15 is 0 Å². The minimum absolute atomic E-state index is 0.544. The number of H-pyrrole nitrogens is 1. The van der Waals surface area contributed by atoms with E-state index in [-0.39, 0.29) is 0 Å². The fourth-order valence-corrected chi connectivity index (χ4v) is 3.88. The van der Waals surface area contributed by atoms with Crippen LogP contribution in [0, 0.1) is 0 Å². The molecule has 0 amide bonds. The molecule has 4 heterocycles. The molecule has 1 aliphatic rings. The summed E-state index contributed by atoms with van der Waals surface area (Å²) in [6.07, 6.45) is 12.9. The molecule has 5 rings (SSSR count). The van der Waals surface area contributed by atoms with Crippen LogP contribution in [0.2, 0.25) is 0 Å². The first kappa shape index (κ1) is 21.1. The van der Waals surface area contributed by atoms with Gasteiger partial charge in [0.15, 0.2) is 5.82 Å². The SMILES string of the molecule is CC/C=C\C(C)=C/c1cn(-c2nc(-c3cccc4[nH]ccc34)nc(N3CCOCC3)n2)cn1. The van der Waals surface area contributed by atoms with Crippen molar-refractivity contribution in [3.05, 3.63) is 66.4 Å². The zero-order chi connectivity index (χ0) is 22.6. The molecule has 8 heteroatoms. The molecule has 1 saturated heterocycles. The van der Waals surface area contributed by atoms with E-state index in [1.807, 2.05) is 41.2 Å². The molecule has 3 aromatic heterocycles. The van der Waals surface area contributed by atoms with Gasteiger partial charge >= 0.3 is 0 Å². The number of nitrogens with zero attached hydrogens (tertiary/aromatic N) is 6. The minimum atomic E-state index is 0.544. The Morgan fingerprint density at radius 3 is 2.82 bits per heavy atom. The van der Waals surface area contributed by atoms with E-state index in [1.165, 1.54) is 0 Å². The zero-order valence-electron chi connectivity index (χ0n) is 18.9. The Morgan fingerprint density at radius 1 is 1.12 bits per heavy atom. The highest BCUT2D eigenvalue weighted by atomic mass is 16.5. The van der Waals surface area contributed by atoms with E-state index in [9.17, 15) is 0 Å². The van der Waals surface area contributed by atoms with Crippen LogP contribution in [0.4, 0.5) is 5.95 Å². The van der Waals surface area contributed by atoms with Crippen LogP contribution in [0.15, 0.2) is 60.7 Å². The average Bonchev–Trinajstić information content (AvgIpc) is 3.52. The molecule has 0 spiro atoms. The van der Waals surface area contributed by atoms with Crippen LogP contribution in [0.3, 0.4) is 0 Å². The van der Waals surface area contributed by atoms with Gasteiger partial charge in [-0.25, -0.2) is 4.98 Å². The van der Waals surface area contributed by atoms with Crippen molar-refractivity contribution in [3.63, 3.8) is 0 Å². The van der Waals surface area contributed by atoms with Gasteiger partial charge in [-0.3, -0.25) is 4.57 Å². The maximum atomic E-state index is 5.52. The summed E-state index contributed by atoms with van der Waals surface area (Å²) >= 11 is 0. The van der Waals surface area contributed by atoms with E-state index in [4.69, 9.17) is 19.7 Å². The second kappa shape index (κ2) is 9.38. The van der Waals surface area contributed by atoms with E-state index in [0.29, 0.717) is 30.9 Å². The summed E-state index contributed by atoms with van der Waals surface area (Å²) in [5.74, 6) is 1.83. The van der Waals surface area contributed by atoms with Crippen LogP contribution in [0.25, 0.3) is 34.3 Å². The van der Waals surface area contributed by atoms with Gasteiger partial charge in [-0.2, -0.15) is 15.0 Å². The number of nitrogens with one attached hydrogen (secondary N) is 1. The highest BCUT2D eigenvalue weighted by Crippen LogP contribution is 2.27. The number of hydrogen-bond acceptors (Lipinski definition) is 6. The lowest BCUT2D eigenvalue weighted by atomic mass is 10.1. The highest BCUT2D eigenvalue weighted by Gasteiger charge is 2.19. The van der Waals surface area contributed by atoms with Crippen molar-refractivity contribution in [2.45, 2.75) is 20.3 Å². The second-order valence-electron chi connectivity index (χ2n) is 8.01. The predicted octanol–water partition coefficient (Wildman–Crippen LogP) is 4.41. The van der Waals surface area contributed by atoms with E-state index in [1.54, 1.807) is 6.33 Å². The van der Waals surface area contributed by atoms with Gasteiger partial charge in [0.25, 0.3) is 0 Å². The van der Waals surface area contributed by atoms with Crippen LogP contribution < -0.4 is 4.90 Å². The van der Waals surface area contributed by atoms with Crippen LogP contribution >= 0.6 is 0 Å². The Bertz CT molecular complexity index is 1310. The van der Waals surface area contributed by atoms with Gasteiger partial charge in [-0.15, -0.1) is 0 Å². The summed E-state index contributed by atoms with van der Waals surface area (Å²) in [5.41, 5.74) is 4.02. The molecule has 33 heavy (non-hydrogen) atoms. The molecule has 8 nitrogen and oxygen atoms in total. The van der Waals surface area contributed by atoms with E-state index in [2.05, 4.69) is 46.9 Å². The maximum absolute atomic E-state index is 5.52. The van der Waals surface area contributed by atoms with E-state index < -0.39 is 0 Å². The summed E-state index contributed by atoms with van der Waals surface area (Å²) in [6, 6.07) is 8.16. The molecule has 0 aliphatic carbocycles. The molecule has 0 bridgehead atoms.